The van der Waals surface area contributed by atoms with Crippen LogP contribution >= 0.6 is 23.4 Å². The number of hydrogen-bond donors (Lipinski definition) is 1. The highest BCUT2D eigenvalue weighted by molar-refractivity contribution is 7.99. The average molecular weight is 257 g/mol. The van der Waals surface area contributed by atoms with Crippen molar-refractivity contribution in [2.45, 2.75) is 11.8 Å². The first-order valence-electron chi connectivity index (χ1n) is 3.77. The lowest BCUT2D eigenvalue weighted by atomic mass is 10.9. The molecule has 1 rings (SSSR count). The van der Waals surface area contributed by atoms with Gasteiger partial charge in [0.1, 0.15) is 0 Å². The summed E-state index contributed by atoms with van der Waals surface area (Å²) in [6, 6.07) is 0. The second-order valence-corrected chi connectivity index (χ2v) is 3.63. The Kier molecular flexibility index (Phi) is 4.92. The van der Waals surface area contributed by atoms with E-state index in [1.807, 2.05) is 0 Å². The van der Waals surface area contributed by atoms with Gasteiger partial charge < -0.3 is 10.5 Å². The Morgan fingerprint density at radius 3 is 2.73 bits per heavy atom. The number of anilines is 1. The zero-order chi connectivity index (χ0) is 11.3. The summed E-state index contributed by atoms with van der Waals surface area (Å²) in [5, 5.41) is 0.255. The molecule has 0 fully saturated rings. The summed E-state index contributed by atoms with van der Waals surface area (Å²) in [6.45, 7) is -2.87. The maximum absolute atomic E-state index is 11.6. The third-order valence-corrected chi connectivity index (χ3v) is 2.14. The van der Waals surface area contributed by atoms with E-state index in [1.165, 1.54) is 0 Å². The molecule has 0 amide bonds. The first kappa shape index (κ1) is 12.3. The molecule has 0 radical (unpaired) electrons. The highest BCUT2D eigenvalue weighted by atomic mass is 35.5. The van der Waals surface area contributed by atoms with Gasteiger partial charge >= 0.3 is 6.61 Å². The Labute approximate surface area is 93.4 Å². The minimum atomic E-state index is -2.77. The van der Waals surface area contributed by atoms with Gasteiger partial charge in [0.25, 0.3) is 0 Å². The average Bonchev–Trinajstić information content (AvgIpc) is 2.10. The molecule has 84 valence electrons. The minimum absolute atomic E-state index is 0.00715. The zero-order valence-electron chi connectivity index (χ0n) is 7.36. The van der Waals surface area contributed by atoms with Crippen molar-refractivity contribution in [1.29, 1.82) is 0 Å². The van der Waals surface area contributed by atoms with Gasteiger partial charge in [0.2, 0.25) is 11.2 Å². The van der Waals surface area contributed by atoms with Gasteiger partial charge in [-0.15, -0.1) is 0 Å². The number of aromatic nitrogens is 3. The molecule has 0 saturated carbocycles. The molecular weight excluding hydrogens is 250 g/mol. The van der Waals surface area contributed by atoms with Crippen LogP contribution in [-0.4, -0.2) is 33.9 Å². The van der Waals surface area contributed by atoms with Crippen molar-refractivity contribution >= 4 is 29.3 Å². The normalized spacial score (nSPS) is 10.9. The van der Waals surface area contributed by atoms with Crippen LogP contribution < -0.4 is 5.73 Å². The SMILES string of the molecule is Nc1nc(Cl)nc(SCCOC(F)F)n1. The van der Waals surface area contributed by atoms with Gasteiger partial charge in [-0.3, -0.25) is 0 Å². The summed E-state index contributed by atoms with van der Waals surface area (Å²) in [7, 11) is 0. The van der Waals surface area contributed by atoms with Crippen LogP contribution in [0.3, 0.4) is 0 Å². The highest BCUT2D eigenvalue weighted by Gasteiger charge is 2.05. The molecule has 2 N–H and O–H groups in total. The van der Waals surface area contributed by atoms with Crippen molar-refractivity contribution in [1.82, 2.24) is 15.0 Å². The summed E-state index contributed by atoms with van der Waals surface area (Å²) in [4.78, 5) is 11.0. The van der Waals surface area contributed by atoms with E-state index in [2.05, 4.69) is 19.7 Å². The zero-order valence-corrected chi connectivity index (χ0v) is 8.93. The Bertz CT molecular complexity index is 310. The molecule has 9 heteroatoms. The van der Waals surface area contributed by atoms with Crippen LogP contribution in [0.15, 0.2) is 5.16 Å². The highest BCUT2D eigenvalue weighted by Crippen LogP contribution is 2.15. The number of alkyl halides is 2. The van der Waals surface area contributed by atoms with E-state index < -0.39 is 6.61 Å². The molecule has 5 nitrogen and oxygen atoms in total. The number of nitrogen functional groups attached to an aromatic ring is 1. The molecular formula is C6H7ClF2N4OS. The van der Waals surface area contributed by atoms with E-state index >= 15 is 0 Å². The van der Waals surface area contributed by atoms with Gasteiger partial charge in [0, 0.05) is 5.75 Å². The largest absolute Gasteiger partial charge is 0.368 e. The molecule has 0 unspecified atom stereocenters. The van der Waals surface area contributed by atoms with Crippen molar-refractivity contribution in [2.75, 3.05) is 18.1 Å². The van der Waals surface area contributed by atoms with E-state index in [4.69, 9.17) is 17.3 Å². The van der Waals surface area contributed by atoms with Crippen LogP contribution in [0.4, 0.5) is 14.7 Å². The summed E-state index contributed by atoms with van der Waals surface area (Å²) in [6.07, 6.45) is 0. The van der Waals surface area contributed by atoms with E-state index in [9.17, 15) is 8.78 Å². The summed E-state index contributed by atoms with van der Waals surface area (Å²) >= 11 is 6.61. The van der Waals surface area contributed by atoms with E-state index in [1.54, 1.807) is 0 Å². The summed E-state index contributed by atoms with van der Waals surface area (Å²) < 4.78 is 27.2. The topological polar surface area (TPSA) is 73.9 Å². The number of hydrogen-bond acceptors (Lipinski definition) is 6. The lowest BCUT2D eigenvalue weighted by Gasteiger charge is -2.02. The van der Waals surface area contributed by atoms with Gasteiger partial charge in [-0.05, 0) is 11.6 Å². The Morgan fingerprint density at radius 2 is 2.13 bits per heavy atom. The Hall–Kier alpha value is -0.730. The van der Waals surface area contributed by atoms with E-state index in [0.717, 1.165) is 11.8 Å². The molecule has 1 aromatic heterocycles. The van der Waals surface area contributed by atoms with Crippen LogP contribution in [0.1, 0.15) is 0 Å². The summed E-state index contributed by atoms with van der Waals surface area (Å²) in [5.41, 5.74) is 5.30. The first-order chi connectivity index (χ1) is 7.08. The van der Waals surface area contributed by atoms with Gasteiger partial charge in [-0.1, -0.05) is 11.8 Å². The molecule has 1 heterocycles. The third kappa shape index (κ3) is 5.05. The van der Waals surface area contributed by atoms with Crippen molar-refractivity contribution in [3.8, 4) is 0 Å². The quantitative estimate of drug-likeness (QED) is 0.635. The first-order valence-corrected chi connectivity index (χ1v) is 5.14. The van der Waals surface area contributed by atoms with Crippen LogP contribution in [0.25, 0.3) is 0 Å². The molecule has 0 aliphatic carbocycles. The third-order valence-electron chi connectivity index (χ3n) is 1.16. The fraction of sp³-hybridized carbons (Fsp3) is 0.500. The lowest BCUT2D eigenvalue weighted by Crippen LogP contribution is -2.04. The number of nitrogens with two attached hydrogens (primary N) is 1. The Morgan fingerprint density at radius 1 is 1.40 bits per heavy atom. The van der Waals surface area contributed by atoms with Gasteiger partial charge in [0.05, 0.1) is 6.61 Å². The predicted molar refractivity (Wildman–Crippen MR) is 51.9 cm³/mol. The number of nitrogens with zero attached hydrogens (tertiary/aromatic N) is 3. The molecule has 15 heavy (non-hydrogen) atoms. The van der Waals surface area contributed by atoms with Crippen LogP contribution in [0, 0.1) is 0 Å². The molecule has 0 bridgehead atoms. The monoisotopic (exact) mass is 256 g/mol. The molecule has 0 saturated heterocycles. The van der Waals surface area contributed by atoms with Crippen molar-refractivity contribution in [3.05, 3.63) is 5.28 Å². The molecule has 0 aliphatic rings. The maximum atomic E-state index is 11.6. The fourth-order valence-corrected chi connectivity index (χ4v) is 1.57. The Balaban J connectivity index is 2.37. The number of thioether (sulfide) groups is 1. The minimum Gasteiger partial charge on any atom is -0.368 e. The lowest BCUT2D eigenvalue weighted by molar-refractivity contribution is -0.123. The van der Waals surface area contributed by atoms with Crippen LogP contribution in [-0.2, 0) is 4.74 Å². The van der Waals surface area contributed by atoms with Crippen molar-refractivity contribution < 1.29 is 13.5 Å². The second-order valence-electron chi connectivity index (χ2n) is 2.23. The molecule has 0 atom stereocenters. The van der Waals surface area contributed by atoms with E-state index in [0.29, 0.717) is 0 Å². The standard InChI is InChI=1S/C6H7ClF2N4OS/c7-3-11-5(10)13-6(12-3)15-2-1-14-4(8)9/h4H,1-2H2,(H2,10,11,12,13). The predicted octanol–water partition coefficient (Wildman–Crippen LogP) is 1.44. The smallest absolute Gasteiger partial charge is 0.345 e. The molecule has 0 spiro atoms. The van der Waals surface area contributed by atoms with E-state index in [-0.39, 0.29) is 28.7 Å². The summed E-state index contributed by atoms with van der Waals surface area (Å²) in [5.74, 6) is 0.275. The van der Waals surface area contributed by atoms with Gasteiger partial charge in [-0.25, -0.2) is 0 Å². The number of halogens is 3. The molecule has 0 aromatic carbocycles. The fourth-order valence-electron chi connectivity index (χ4n) is 0.681. The second kappa shape index (κ2) is 5.99. The van der Waals surface area contributed by atoms with Gasteiger partial charge in [0.15, 0.2) is 5.16 Å². The van der Waals surface area contributed by atoms with Crippen molar-refractivity contribution in [3.63, 3.8) is 0 Å². The number of ether oxygens (including phenoxy) is 1. The maximum Gasteiger partial charge on any atom is 0.345 e. The molecule has 0 aliphatic heterocycles. The van der Waals surface area contributed by atoms with Gasteiger partial charge in [-0.2, -0.15) is 23.7 Å². The number of rotatable bonds is 5. The van der Waals surface area contributed by atoms with Crippen LogP contribution in [0.5, 0.6) is 0 Å². The van der Waals surface area contributed by atoms with Crippen LogP contribution in [0.2, 0.25) is 5.28 Å². The molecule has 1 aromatic rings. The van der Waals surface area contributed by atoms with Crippen molar-refractivity contribution in [2.24, 2.45) is 0 Å².